The van der Waals surface area contributed by atoms with Crippen molar-refractivity contribution in [2.24, 2.45) is 0 Å². The molecule has 0 saturated carbocycles. The Morgan fingerprint density at radius 1 is 1.45 bits per heavy atom. The molecule has 2 rings (SSSR count). The summed E-state index contributed by atoms with van der Waals surface area (Å²) in [6, 6.07) is 7.96. The number of hydrogen-bond donors (Lipinski definition) is 0. The third kappa shape index (κ3) is 5.11. The van der Waals surface area contributed by atoms with Gasteiger partial charge in [0.2, 0.25) is 0 Å². The SMILES string of the molecule is CCN1CCCC(OC(=O)CSc2ccc(Br)cc2)C1. The van der Waals surface area contributed by atoms with Gasteiger partial charge in [0.15, 0.2) is 0 Å². The lowest BCUT2D eigenvalue weighted by molar-refractivity contribution is -0.148. The van der Waals surface area contributed by atoms with E-state index in [-0.39, 0.29) is 12.1 Å². The Morgan fingerprint density at radius 2 is 2.20 bits per heavy atom. The number of thioether (sulfide) groups is 1. The van der Waals surface area contributed by atoms with Crippen molar-refractivity contribution < 1.29 is 9.53 Å². The topological polar surface area (TPSA) is 29.5 Å². The van der Waals surface area contributed by atoms with Crippen LogP contribution in [0.15, 0.2) is 33.6 Å². The Kier molecular flexibility index (Phi) is 6.39. The summed E-state index contributed by atoms with van der Waals surface area (Å²) in [5.41, 5.74) is 0. The maximum atomic E-state index is 11.9. The van der Waals surface area contributed by atoms with Crippen LogP contribution in [0.2, 0.25) is 0 Å². The average Bonchev–Trinajstić information content (AvgIpc) is 2.47. The van der Waals surface area contributed by atoms with E-state index in [9.17, 15) is 4.79 Å². The van der Waals surface area contributed by atoms with E-state index in [2.05, 4.69) is 27.8 Å². The minimum absolute atomic E-state index is 0.0710. The molecule has 1 unspecified atom stereocenters. The summed E-state index contributed by atoms with van der Waals surface area (Å²) in [5.74, 6) is 0.269. The van der Waals surface area contributed by atoms with E-state index in [1.165, 1.54) is 11.8 Å². The molecular weight excluding hydrogens is 338 g/mol. The summed E-state index contributed by atoms with van der Waals surface area (Å²) in [7, 11) is 0. The van der Waals surface area contributed by atoms with E-state index in [1.807, 2.05) is 24.3 Å². The molecule has 0 bridgehead atoms. The number of likely N-dealkylation sites (N-methyl/N-ethyl adjacent to an activating group) is 1. The van der Waals surface area contributed by atoms with Crippen LogP contribution in [0.1, 0.15) is 19.8 Å². The second-order valence-corrected chi connectivity index (χ2v) is 6.85. The molecule has 1 fully saturated rings. The fourth-order valence-corrected chi connectivity index (χ4v) is 3.23. The second kappa shape index (κ2) is 8.05. The Labute approximate surface area is 133 Å². The summed E-state index contributed by atoms with van der Waals surface area (Å²) >= 11 is 4.92. The van der Waals surface area contributed by atoms with E-state index >= 15 is 0 Å². The van der Waals surface area contributed by atoms with E-state index in [0.717, 1.165) is 41.8 Å². The van der Waals surface area contributed by atoms with Gasteiger partial charge in [0.1, 0.15) is 6.10 Å². The van der Waals surface area contributed by atoms with Gasteiger partial charge in [0.05, 0.1) is 5.75 Å². The first-order valence-corrected chi connectivity index (χ1v) is 8.75. The summed E-state index contributed by atoms with van der Waals surface area (Å²) in [4.78, 5) is 15.3. The third-order valence-electron chi connectivity index (χ3n) is 3.38. The number of carbonyl (C=O) groups is 1. The molecule has 0 spiro atoms. The number of esters is 1. The first kappa shape index (κ1) is 15.9. The molecule has 1 aromatic rings. The number of hydrogen-bond acceptors (Lipinski definition) is 4. The quantitative estimate of drug-likeness (QED) is 0.595. The van der Waals surface area contributed by atoms with Crippen LogP contribution in [0.25, 0.3) is 0 Å². The first-order chi connectivity index (χ1) is 9.67. The number of carbonyl (C=O) groups excluding carboxylic acids is 1. The van der Waals surface area contributed by atoms with Gasteiger partial charge in [-0.05, 0) is 50.2 Å². The number of ether oxygens (including phenoxy) is 1. The van der Waals surface area contributed by atoms with Crippen LogP contribution >= 0.6 is 27.7 Å². The predicted molar refractivity (Wildman–Crippen MR) is 86.1 cm³/mol. The van der Waals surface area contributed by atoms with Crippen molar-refractivity contribution in [1.29, 1.82) is 0 Å². The van der Waals surface area contributed by atoms with Crippen LogP contribution in [-0.4, -0.2) is 42.4 Å². The number of piperidine rings is 1. The van der Waals surface area contributed by atoms with Crippen molar-refractivity contribution in [3.8, 4) is 0 Å². The third-order valence-corrected chi connectivity index (χ3v) is 4.89. The fraction of sp³-hybridized carbons (Fsp3) is 0.533. The van der Waals surface area contributed by atoms with Gasteiger partial charge in [0.25, 0.3) is 0 Å². The van der Waals surface area contributed by atoms with E-state index in [4.69, 9.17) is 4.74 Å². The van der Waals surface area contributed by atoms with Crippen LogP contribution < -0.4 is 0 Å². The number of benzene rings is 1. The molecular formula is C15H20BrNO2S. The zero-order chi connectivity index (χ0) is 14.4. The van der Waals surface area contributed by atoms with Gasteiger partial charge >= 0.3 is 5.97 Å². The van der Waals surface area contributed by atoms with Gasteiger partial charge < -0.3 is 4.74 Å². The molecule has 1 aliphatic rings. The Hall–Kier alpha value is -0.520. The molecule has 110 valence electrons. The molecule has 0 aromatic heterocycles. The minimum Gasteiger partial charge on any atom is -0.460 e. The standard InChI is InChI=1S/C15H20BrNO2S/c1-2-17-9-3-4-13(10-17)19-15(18)11-20-14-7-5-12(16)6-8-14/h5-8,13H,2-4,9-11H2,1H3. The van der Waals surface area contributed by atoms with Gasteiger partial charge in [0, 0.05) is 15.9 Å². The molecule has 20 heavy (non-hydrogen) atoms. The van der Waals surface area contributed by atoms with Crippen molar-refractivity contribution in [2.45, 2.75) is 30.8 Å². The molecule has 0 N–H and O–H groups in total. The Morgan fingerprint density at radius 3 is 2.90 bits per heavy atom. The molecule has 1 heterocycles. The van der Waals surface area contributed by atoms with Gasteiger partial charge in [-0.15, -0.1) is 11.8 Å². The summed E-state index contributed by atoms with van der Waals surface area (Å²) in [5, 5.41) is 0. The molecule has 0 amide bonds. The van der Waals surface area contributed by atoms with Crippen molar-refractivity contribution in [3.05, 3.63) is 28.7 Å². The largest absolute Gasteiger partial charge is 0.460 e. The molecule has 1 aromatic carbocycles. The first-order valence-electron chi connectivity index (χ1n) is 6.97. The van der Waals surface area contributed by atoms with Crippen LogP contribution in [0.4, 0.5) is 0 Å². The summed E-state index contributed by atoms with van der Waals surface area (Å²) in [6.07, 6.45) is 2.18. The summed E-state index contributed by atoms with van der Waals surface area (Å²) < 4.78 is 6.61. The maximum Gasteiger partial charge on any atom is 0.316 e. The van der Waals surface area contributed by atoms with E-state index < -0.39 is 0 Å². The molecule has 5 heteroatoms. The Balaban J connectivity index is 1.73. The van der Waals surface area contributed by atoms with Crippen LogP contribution in [0.3, 0.4) is 0 Å². The molecule has 3 nitrogen and oxygen atoms in total. The lowest BCUT2D eigenvalue weighted by atomic mass is 10.1. The van der Waals surface area contributed by atoms with Crippen molar-refractivity contribution in [1.82, 2.24) is 4.90 Å². The van der Waals surface area contributed by atoms with Crippen molar-refractivity contribution in [2.75, 3.05) is 25.4 Å². The van der Waals surface area contributed by atoms with Crippen LogP contribution in [-0.2, 0) is 9.53 Å². The fourth-order valence-electron chi connectivity index (χ4n) is 2.29. The molecule has 0 radical (unpaired) electrons. The average molecular weight is 358 g/mol. The maximum absolute atomic E-state index is 11.9. The molecule has 1 saturated heterocycles. The van der Waals surface area contributed by atoms with Crippen molar-refractivity contribution >= 4 is 33.7 Å². The predicted octanol–water partition coefficient (Wildman–Crippen LogP) is 3.57. The highest BCUT2D eigenvalue weighted by atomic mass is 79.9. The monoisotopic (exact) mass is 357 g/mol. The Bertz CT molecular complexity index is 438. The normalized spacial score (nSPS) is 19.8. The van der Waals surface area contributed by atoms with Gasteiger partial charge in [-0.1, -0.05) is 22.9 Å². The molecule has 1 atom stereocenters. The van der Waals surface area contributed by atoms with E-state index in [1.54, 1.807) is 0 Å². The summed E-state index contributed by atoms with van der Waals surface area (Å²) in [6.45, 7) is 5.18. The minimum atomic E-state index is -0.110. The number of halogens is 1. The van der Waals surface area contributed by atoms with Crippen LogP contribution in [0, 0.1) is 0 Å². The highest BCUT2D eigenvalue weighted by Gasteiger charge is 2.21. The zero-order valence-corrected chi connectivity index (χ0v) is 14.1. The second-order valence-electron chi connectivity index (χ2n) is 4.89. The number of rotatable bonds is 5. The number of likely N-dealkylation sites (tertiary alicyclic amines) is 1. The zero-order valence-electron chi connectivity index (χ0n) is 11.7. The van der Waals surface area contributed by atoms with E-state index in [0.29, 0.717) is 5.75 Å². The lowest BCUT2D eigenvalue weighted by Crippen LogP contribution is -2.40. The van der Waals surface area contributed by atoms with Crippen molar-refractivity contribution in [3.63, 3.8) is 0 Å². The smallest absolute Gasteiger partial charge is 0.316 e. The number of nitrogens with zero attached hydrogens (tertiary/aromatic N) is 1. The highest BCUT2D eigenvalue weighted by molar-refractivity contribution is 9.10. The molecule has 0 aliphatic carbocycles. The van der Waals surface area contributed by atoms with Gasteiger partial charge in [-0.2, -0.15) is 0 Å². The van der Waals surface area contributed by atoms with Gasteiger partial charge in [-0.25, -0.2) is 0 Å². The lowest BCUT2D eigenvalue weighted by Gasteiger charge is -2.31. The van der Waals surface area contributed by atoms with Gasteiger partial charge in [-0.3, -0.25) is 9.69 Å². The highest BCUT2D eigenvalue weighted by Crippen LogP contribution is 2.21. The van der Waals surface area contributed by atoms with Crippen LogP contribution in [0.5, 0.6) is 0 Å². The molecule has 1 aliphatic heterocycles.